The number of aromatic nitrogens is 2. The Bertz CT molecular complexity index is 908. The van der Waals surface area contributed by atoms with Crippen LogP contribution in [0, 0.1) is 0 Å². The number of rotatable bonds is 6. The molecule has 0 bridgehead atoms. The van der Waals surface area contributed by atoms with Crippen LogP contribution in [0.4, 0.5) is 0 Å². The Morgan fingerprint density at radius 3 is 2.82 bits per heavy atom. The van der Waals surface area contributed by atoms with E-state index >= 15 is 0 Å². The molecule has 2 aromatic rings. The lowest BCUT2D eigenvalue weighted by Gasteiger charge is -2.15. The van der Waals surface area contributed by atoms with Crippen LogP contribution in [0.3, 0.4) is 0 Å². The highest BCUT2D eigenvalue weighted by Crippen LogP contribution is 2.13. The maximum Gasteiger partial charge on any atom is 0.290 e. The number of hydrogen-bond donors (Lipinski definition) is 3. The SMILES string of the molecule is CCCCn1nc(C(=O)NNC(=S)NC[C@@H]2CCCO2)c2ccccc2c1=O. The van der Waals surface area contributed by atoms with Gasteiger partial charge in [-0.3, -0.25) is 20.4 Å². The lowest BCUT2D eigenvalue weighted by molar-refractivity contribution is 0.0937. The minimum Gasteiger partial charge on any atom is -0.376 e. The normalized spacial score (nSPS) is 16.1. The first-order valence-electron chi connectivity index (χ1n) is 9.55. The molecule has 3 N–H and O–H groups in total. The van der Waals surface area contributed by atoms with Crippen molar-refractivity contribution < 1.29 is 9.53 Å². The van der Waals surface area contributed by atoms with Gasteiger partial charge in [-0.1, -0.05) is 31.5 Å². The topological polar surface area (TPSA) is 97.3 Å². The zero-order chi connectivity index (χ0) is 19.9. The standard InChI is InChI=1S/C19H25N5O3S/c1-2-3-10-24-18(26)15-9-5-4-8-14(15)16(23-24)17(25)21-22-19(28)20-12-13-7-6-11-27-13/h4-5,8-9,13H,2-3,6-7,10-12H2,1H3,(H,21,25)(H2,20,22,28)/t13-/m0/s1. The third kappa shape index (κ3) is 4.85. The van der Waals surface area contributed by atoms with Crippen LogP contribution in [0.1, 0.15) is 43.1 Å². The number of hydrogen-bond acceptors (Lipinski definition) is 5. The van der Waals surface area contributed by atoms with Crippen molar-refractivity contribution in [1.82, 2.24) is 25.9 Å². The van der Waals surface area contributed by atoms with Gasteiger partial charge in [0, 0.05) is 25.1 Å². The average Bonchev–Trinajstić information content (AvgIpc) is 3.24. The quantitative estimate of drug-likeness (QED) is 0.497. The predicted octanol–water partition coefficient (Wildman–Crippen LogP) is 1.48. The number of unbranched alkanes of at least 4 members (excludes halogenated alkanes) is 1. The third-order valence-electron chi connectivity index (χ3n) is 4.61. The van der Waals surface area contributed by atoms with E-state index in [9.17, 15) is 9.59 Å². The van der Waals surface area contributed by atoms with Gasteiger partial charge >= 0.3 is 0 Å². The van der Waals surface area contributed by atoms with Crippen LogP contribution in [-0.4, -0.2) is 40.1 Å². The van der Waals surface area contributed by atoms with E-state index in [1.54, 1.807) is 24.3 Å². The van der Waals surface area contributed by atoms with Gasteiger partial charge in [0.1, 0.15) is 0 Å². The highest BCUT2D eigenvalue weighted by atomic mass is 32.1. The molecule has 150 valence electrons. The number of amides is 1. The van der Waals surface area contributed by atoms with Crippen LogP contribution in [0.15, 0.2) is 29.1 Å². The maximum atomic E-state index is 12.7. The molecule has 0 unspecified atom stereocenters. The van der Waals surface area contributed by atoms with E-state index in [1.165, 1.54) is 4.68 Å². The minimum atomic E-state index is -0.456. The fraction of sp³-hybridized carbons (Fsp3) is 0.474. The molecule has 1 aliphatic heterocycles. The largest absolute Gasteiger partial charge is 0.376 e. The number of carbonyl (C=O) groups excluding carboxylic acids is 1. The molecule has 1 aromatic carbocycles. The highest BCUT2D eigenvalue weighted by molar-refractivity contribution is 7.80. The Hall–Kier alpha value is -2.52. The molecule has 9 heteroatoms. The molecule has 0 saturated carbocycles. The molecule has 1 saturated heterocycles. The summed E-state index contributed by atoms with van der Waals surface area (Å²) in [5, 5.41) is 8.60. The smallest absolute Gasteiger partial charge is 0.290 e. The summed E-state index contributed by atoms with van der Waals surface area (Å²) >= 11 is 5.19. The fourth-order valence-corrected chi connectivity index (χ4v) is 3.23. The molecular formula is C19H25N5O3S. The van der Waals surface area contributed by atoms with E-state index in [1.807, 2.05) is 6.92 Å². The molecule has 1 aliphatic rings. The lowest BCUT2D eigenvalue weighted by atomic mass is 10.1. The first-order valence-corrected chi connectivity index (χ1v) is 9.96. The summed E-state index contributed by atoms with van der Waals surface area (Å²) in [5.41, 5.74) is 5.23. The van der Waals surface area contributed by atoms with Crippen LogP contribution < -0.4 is 21.7 Å². The van der Waals surface area contributed by atoms with Gasteiger partial charge in [0.05, 0.1) is 11.5 Å². The molecule has 8 nitrogen and oxygen atoms in total. The van der Waals surface area contributed by atoms with Gasteiger partial charge in [-0.05, 0) is 37.5 Å². The second-order valence-corrected chi connectivity index (χ2v) is 7.11. The lowest BCUT2D eigenvalue weighted by Crippen LogP contribution is -2.48. The summed E-state index contributed by atoms with van der Waals surface area (Å²) in [5.74, 6) is -0.456. The fourth-order valence-electron chi connectivity index (χ4n) is 3.09. The molecule has 2 heterocycles. The van der Waals surface area contributed by atoms with E-state index in [0.29, 0.717) is 29.0 Å². The predicted molar refractivity (Wildman–Crippen MR) is 111 cm³/mol. The van der Waals surface area contributed by atoms with Gasteiger partial charge < -0.3 is 10.1 Å². The number of nitrogens with zero attached hydrogens (tertiary/aromatic N) is 2. The van der Waals surface area contributed by atoms with Gasteiger partial charge in [0.2, 0.25) is 0 Å². The first-order chi connectivity index (χ1) is 13.6. The van der Waals surface area contributed by atoms with E-state index in [4.69, 9.17) is 17.0 Å². The summed E-state index contributed by atoms with van der Waals surface area (Å²) in [7, 11) is 0. The second-order valence-electron chi connectivity index (χ2n) is 6.70. The first kappa shape index (κ1) is 20.2. The summed E-state index contributed by atoms with van der Waals surface area (Å²) < 4.78 is 6.88. The van der Waals surface area contributed by atoms with E-state index < -0.39 is 5.91 Å². The van der Waals surface area contributed by atoms with Crippen molar-refractivity contribution in [2.75, 3.05) is 13.2 Å². The molecule has 0 spiro atoms. The average molecular weight is 404 g/mol. The Morgan fingerprint density at radius 1 is 1.32 bits per heavy atom. The van der Waals surface area contributed by atoms with Gasteiger partial charge in [-0.25, -0.2) is 4.68 Å². The zero-order valence-corrected chi connectivity index (χ0v) is 16.7. The highest BCUT2D eigenvalue weighted by Gasteiger charge is 2.18. The Balaban J connectivity index is 1.70. The maximum absolute atomic E-state index is 12.7. The summed E-state index contributed by atoms with van der Waals surface area (Å²) in [4.78, 5) is 25.3. The molecular weight excluding hydrogens is 378 g/mol. The second kappa shape index (κ2) is 9.61. The number of nitrogens with one attached hydrogen (secondary N) is 3. The van der Waals surface area contributed by atoms with Crippen molar-refractivity contribution in [3.05, 3.63) is 40.3 Å². The van der Waals surface area contributed by atoms with Crippen molar-refractivity contribution in [1.29, 1.82) is 0 Å². The van der Waals surface area contributed by atoms with Crippen LogP contribution in [0.25, 0.3) is 10.8 Å². The van der Waals surface area contributed by atoms with E-state index in [-0.39, 0.29) is 17.4 Å². The molecule has 1 aromatic heterocycles. The molecule has 1 fully saturated rings. The van der Waals surface area contributed by atoms with Gasteiger partial charge in [0.15, 0.2) is 10.8 Å². The van der Waals surface area contributed by atoms with Crippen LogP contribution in [0.5, 0.6) is 0 Å². The number of ether oxygens (including phenoxy) is 1. The molecule has 0 aliphatic carbocycles. The van der Waals surface area contributed by atoms with Crippen molar-refractivity contribution >= 4 is 34.0 Å². The number of aryl methyl sites for hydroxylation is 1. The van der Waals surface area contributed by atoms with Crippen molar-refractivity contribution in [3.8, 4) is 0 Å². The third-order valence-corrected chi connectivity index (χ3v) is 4.86. The summed E-state index contributed by atoms with van der Waals surface area (Å²) in [6, 6.07) is 6.98. The molecule has 3 rings (SSSR count). The van der Waals surface area contributed by atoms with Gasteiger partial charge in [0.25, 0.3) is 11.5 Å². The molecule has 28 heavy (non-hydrogen) atoms. The van der Waals surface area contributed by atoms with Gasteiger partial charge in [-0.15, -0.1) is 0 Å². The number of carbonyl (C=O) groups is 1. The minimum absolute atomic E-state index is 0.142. The van der Waals surface area contributed by atoms with Crippen molar-refractivity contribution in [3.63, 3.8) is 0 Å². The summed E-state index contributed by atoms with van der Waals surface area (Å²) in [6.45, 7) is 3.87. The van der Waals surface area contributed by atoms with Crippen molar-refractivity contribution in [2.24, 2.45) is 0 Å². The molecule has 1 amide bonds. The van der Waals surface area contributed by atoms with Gasteiger partial charge in [-0.2, -0.15) is 5.10 Å². The molecule has 1 atom stereocenters. The van der Waals surface area contributed by atoms with Crippen LogP contribution >= 0.6 is 12.2 Å². The number of fused-ring (bicyclic) bond motifs is 1. The van der Waals surface area contributed by atoms with E-state index in [2.05, 4.69) is 21.3 Å². The van der Waals surface area contributed by atoms with E-state index in [0.717, 1.165) is 32.3 Å². The summed E-state index contributed by atoms with van der Waals surface area (Å²) in [6.07, 6.45) is 3.92. The van der Waals surface area contributed by atoms with Crippen LogP contribution in [-0.2, 0) is 11.3 Å². The van der Waals surface area contributed by atoms with Crippen LogP contribution in [0.2, 0.25) is 0 Å². The number of benzene rings is 1. The Labute approximate surface area is 168 Å². The molecule has 0 radical (unpaired) electrons. The zero-order valence-electron chi connectivity index (χ0n) is 15.9. The van der Waals surface area contributed by atoms with Crippen molar-refractivity contribution in [2.45, 2.75) is 45.3 Å². The Kier molecular flexibility index (Phi) is 6.94. The Morgan fingerprint density at radius 2 is 2.11 bits per heavy atom. The number of thiocarbonyl (C=S) groups is 1. The number of hydrazine groups is 1. The monoisotopic (exact) mass is 403 g/mol.